The van der Waals surface area contributed by atoms with Gasteiger partial charge in [-0.1, -0.05) is 11.8 Å². The van der Waals surface area contributed by atoms with Gasteiger partial charge in [0.1, 0.15) is 5.69 Å². The molecule has 0 radical (unpaired) electrons. The van der Waals surface area contributed by atoms with Gasteiger partial charge in [0.2, 0.25) is 0 Å². The molecule has 1 saturated heterocycles. The average molecular weight is 306 g/mol. The Labute approximate surface area is 127 Å². The molecule has 112 valence electrons. The zero-order valence-electron chi connectivity index (χ0n) is 12.0. The SMILES string of the molecule is CSc1nnc(-c2cnccn2)n1CCN1CCOCC1. The van der Waals surface area contributed by atoms with E-state index >= 15 is 0 Å². The summed E-state index contributed by atoms with van der Waals surface area (Å²) in [6.07, 6.45) is 7.07. The maximum atomic E-state index is 5.38. The van der Waals surface area contributed by atoms with Gasteiger partial charge in [-0.3, -0.25) is 14.5 Å². The zero-order chi connectivity index (χ0) is 14.5. The summed E-state index contributed by atoms with van der Waals surface area (Å²) in [6.45, 7) is 5.40. The highest BCUT2D eigenvalue weighted by Gasteiger charge is 2.16. The van der Waals surface area contributed by atoms with Gasteiger partial charge in [-0.05, 0) is 6.26 Å². The lowest BCUT2D eigenvalue weighted by Crippen LogP contribution is -2.38. The van der Waals surface area contributed by atoms with Crippen LogP contribution in [-0.2, 0) is 11.3 Å². The van der Waals surface area contributed by atoms with E-state index in [1.165, 1.54) is 0 Å². The summed E-state index contributed by atoms with van der Waals surface area (Å²) in [5.74, 6) is 0.778. The fraction of sp³-hybridized carbons (Fsp3) is 0.538. The Hall–Kier alpha value is -1.51. The standard InChI is InChI=1S/C13H18N6OS/c1-21-13-17-16-12(11-10-14-2-3-15-11)19(13)5-4-18-6-8-20-9-7-18/h2-3,10H,4-9H2,1H3. The molecule has 0 saturated carbocycles. The first-order chi connectivity index (χ1) is 10.4. The van der Waals surface area contributed by atoms with Crippen LogP contribution in [-0.4, -0.2) is 68.7 Å². The van der Waals surface area contributed by atoms with E-state index in [9.17, 15) is 0 Å². The number of rotatable bonds is 5. The molecule has 2 aromatic heterocycles. The second-order valence-corrected chi connectivity index (χ2v) is 5.48. The maximum Gasteiger partial charge on any atom is 0.191 e. The number of morpholine rings is 1. The molecule has 0 unspecified atom stereocenters. The second kappa shape index (κ2) is 6.97. The summed E-state index contributed by atoms with van der Waals surface area (Å²) < 4.78 is 7.49. The highest BCUT2D eigenvalue weighted by molar-refractivity contribution is 7.98. The third-order valence-electron chi connectivity index (χ3n) is 3.44. The Morgan fingerprint density at radius 2 is 2.05 bits per heavy atom. The van der Waals surface area contributed by atoms with E-state index in [0.29, 0.717) is 0 Å². The van der Waals surface area contributed by atoms with Crippen molar-refractivity contribution in [1.29, 1.82) is 0 Å². The smallest absolute Gasteiger partial charge is 0.191 e. The molecule has 21 heavy (non-hydrogen) atoms. The topological polar surface area (TPSA) is 69.0 Å². The van der Waals surface area contributed by atoms with Gasteiger partial charge in [0.25, 0.3) is 0 Å². The van der Waals surface area contributed by atoms with Gasteiger partial charge in [0.15, 0.2) is 11.0 Å². The van der Waals surface area contributed by atoms with Gasteiger partial charge < -0.3 is 4.74 Å². The molecule has 0 spiro atoms. The monoisotopic (exact) mass is 306 g/mol. The Balaban J connectivity index is 1.77. The fourth-order valence-corrected chi connectivity index (χ4v) is 2.83. The van der Waals surface area contributed by atoms with E-state index in [1.807, 2.05) is 6.26 Å². The van der Waals surface area contributed by atoms with E-state index < -0.39 is 0 Å². The van der Waals surface area contributed by atoms with E-state index in [-0.39, 0.29) is 0 Å². The lowest BCUT2D eigenvalue weighted by Gasteiger charge is -2.26. The van der Waals surface area contributed by atoms with E-state index in [2.05, 4.69) is 29.6 Å². The number of aromatic nitrogens is 5. The van der Waals surface area contributed by atoms with Gasteiger partial charge in [-0.2, -0.15) is 0 Å². The van der Waals surface area contributed by atoms with Crippen LogP contribution < -0.4 is 0 Å². The summed E-state index contributed by atoms with van der Waals surface area (Å²) in [6, 6.07) is 0. The minimum atomic E-state index is 0.757. The number of hydrogen-bond donors (Lipinski definition) is 0. The molecule has 3 rings (SSSR count). The van der Waals surface area contributed by atoms with Gasteiger partial charge in [0.05, 0.1) is 19.4 Å². The Morgan fingerprint density at radius 3 is 2.76 bits per heavy atom. The Bertz CT molecular complexity index is 569. The predicted octanol–water partition coefficient (Wildman–Crippen LogP) is 0.789. The minimum Gasteiger partial charge on any atom is -0.379 e. The first-order valence-electron chi connectivity index (χ1n) is 6.92. The van der Waals surface area contributed by atoms with Gasteiger partial charge in [-0.15, -0.1) is 10.2 Å². The zero-order valence-corrected chi connectivity index (χ0v) is 12.8. The van der Waals surface area contributed by atoms with Crippen molar-refractivity contribution >= 4 is 11.8 Å². The third kappa shape index (κ3) is 3.39. The van der Waals surface area contributed by atoms with Crippen LogP contribution in [0.4, 0.5) is 0 Å². The Kier molecular flexibility index (Phi) is 4.79. The molecule has 0 amide bonds. The lowest BCUT2D eigenvalue weighted by molar-refractivity contribution is 0.0361. The summed E-state index contributed by atoms with van der Waals surface area (Å²) in [5, 5.41) is 9.41. The van der Waals surface area contributed by atoms with Crippen molar-refractivity contribution in [1.82, 2.24) is 29.6 Å². The summed E-state index contributed by atoms with van der Waals surface area (Å²) in [5.41, 5.74) is 0.757. The molecular formula is C13H18N6OS. The van der Waals surface area contributed by atoms with Crippen molar-refractivity contribution < 1.29 is 4.74 Å². The second-order valence-electron chi connectivity index (χ2n) is 4.71. The molecule has 0 aromatic carbocycles. The van der Waals surface area contributed by atoms with E-state index in [1.54, 1.807) is 30.4 Å². The molecular weight excluding hydrogens is 288 g/mol. The van der Waals surface area contributed by atoms with Crippen molar-refractivity contribution in [3.8, 4) is 11.5 Å². The van der Waals surface area contributed by atoms with Gasteiger partial charge >= 0.3 is 0 Å². The summed E-state index contributed by atoms with van der Waals surface area (Å²) >= 11 is 1.60. The normalized spacial score (nSPS) is 16.2. The van der Waals surface area contributed by atoms with Crippen LogP contribution in [0.15, 0.2) is 23.7 Å². The molecule has 1 fully saturated rings. The van der Waals surface area contributed by atoms with Crippen LogP contribution in [0.1, 0.15) is 0 Å². The third-order valence-corrected chi connectivity index (χ3v) is 4.10. The van der Waals surface area contributed by atoms with Crippen LogP contribution in [0.3, 0.4) is 0 Å². The lowest BCUT2D eigenvalue weighted by atomic mass is 10.4. The van der Waals surface area contributed by atoms with E-state index in [0.717, 1.165) is 56.1 Å². The van der Waals surface area contributed by atoms with Gasteiger partial charge in [0, 0.05) is 38.6 Å². The van der Waals surface area contributed by atoms with Crippen molar-refractivity contribution in [3.63, 3.8) is 0 Å². The largest absolute Gasteiger partial charge is 0.379 e. The maximum absolute atomic E-state index is 5.38. The van der Waals surface area contributed by atoms with Crippen LogP contribution in [0, 0.1) is 0 Å². The molecule has 2 aromatic rings. The summed E-state index contributed by atoms with van der Waals surface area (Å²) in [7, 11) is 0. The van der Waals surface area contributed by atoms with Crippen molar-refractivity contribution in [2.24, 2.45) is 0 Å². The molecule has 7 nitrogen and oxygen atoms in total. The van der Waals surface area contributed by atoms with Gasteiger partial charge in [-0.25, -0.2) is 4.98 Å². The quantitative estimate of drug-likeness (QED) is 0.756. The summed E-state index contributed by atoms with van der Waals surface area (Å²) in [4.78, 5) is 10.8. The average Bonchev–Trinajstić information content (AvgIpc) is 2.97. The fourth-order valence-electron chi connectivity index (χ4n) is 2.31. The molecule has 1 aliphatic heterocycles. The molecule has 0 aliphatic carbocycles. The highest BCUT2D eigenvalue weighted by Crippen LogP contribution is 2.20. The van der Waals surface area contributed by atoms with Crippen molar-refractivity contribution in [2.45, 2.75) is 11.7 Å². The molecule has 0 bridgehead atoms. The van der Waals surface area contributed by atoms with Crippen molar-refractivity contribution in [2.75, 3.05) is 39.1 Å². The number of nitrogens with zero attached hydrogens (tertiary/aromatic N) is 6. The first-order valence-corrected chi connectivity index (χ1v) is 8.14. The number of thioether (sulfide) groups is 1. The van der Waals surface area contributed by atoms with Crippen molar-refractivity contribution in [3.05, 3.63) is 18.6 Å². The van der Waals surface area contributed by atoms with Crippen LogP contribution in [0.2, 0.25) is 0 Å². The van der Waals surface area contributed by atoms with E-state index in [4.69, 9.17) is 4.74 Å². The van der Waals surface area contributed by atoms with Crippen LogP contribution in [0.5, 0.6) is 0 Å². The Morgan fingerprint density at radius 1 is 1.19 bits per heavy atom. The predicted molar refractivity (Wildman–Crippen MR) is 80.1 cm³/mol. The molecule has 8 heteroatoms. The highest BCUT2D eigenvalue weighted by atomic mass is 32.2. The first kappa shape index (κ1) is 14.4. The number of ether oxygens (including phenoxy) is 1. The molecule has 0 atom stereocenters. The molecule has 0 N–H and O–H groups in total. The molecule has 3 heterocycles. The van der Waals surface area contributed by atoms with Crippen LogP contribution in [0.25, 0.3) is 11.5 Å². The minimum absolute atomic E-state index is 0.757. The molecule has 1 aliphatic rings. The number of hydrogen-bond acceptors (Lipinski definition) is 7. The van der Waals surface area contributed by atoms with Crippen LogP contribution >= 0.6 is 11.8 Å².